The third-order valence-corrected chi connectivity index (χ3v) is 1.85. The van der Waals surface area contributed by atoms with E-state index in [0.29, 0.717) is 26.1 Å². The van der Waals surface area contributed by atoms with Crippen LogP contribution in [-0.4, -0.2) is 42.6 Å². The molecular weight excluding hydrogens is 184 g/mol. The van der Waals surface area contributed by atoms with Gasteiger partial charge in [-0.05, 0) is 0 Å². The van der Waals surface area contributed by atoms with E-state index in [4.69, 9.17) is 0 Å². The molecule has 1 N–H and O–H groups in total. The van der Waals surface area contributed by atoms with Crippen LogP contribution in [0.1, 0.15) is 6.42 Å². The normalized spacial score (nSPS) is 15.3. The average molecular weight is 196 g/mol. The van der Waals surface area contributed by atoms with Crippen molar-refractivity contribution in [2.45, 2.75) is 6.42 Å². The third kappa shape index (κ3) is 2.77. The van der Waals surface area contributed by atoms with Crippen molar-refractivity contribution in [2.24, 2.45) is 0 Å². The van der Waals surface area contributed by atoms with E-state index in [0.717, 1.165) is 11.2 Å². The smallest absolute Gasteiger partial charge is 0.253 e. The van der Waals surface area contributed by atoms with Crippen LogP contribution in [0.4, 0.5) is 0 Å². The minimum Gasteiger partial charge on any atom is -0.315 e. The van der Waals surface area contributed by atoms with Crippen LogP contribution in [0.3, 0.4) is 0 Å². The van der Waals surface area contributed by atoms with E-state index in [1.54, 1.807) is 0 Å². The van der Waals surface area contributed by atoms with Crippen molar-refractivity contribution in [3.63, 3.8) is 0 Å². The van der Waals surface area contributed by atoms with Gasteiger partial charge in [-0.2, -0.15) is 0 Å². The number of hydrogen-bond acceptors (Lipinski definition) is 4. The van der Waals surface area contributed by atoms with Crippen molar-refractivity contribution < 1.29 is 14.4 Å². The Bertz CT molecular complexity index is 255. The fourth-order valence-corrected chi connectivity index (χ4v) is 1.13. The summed E-state index contributed by atoms with van der Waals surface area (Å²) in [4.78, 5) is 33.2. The van der Waals surface area contributed by atoms with Crippen molar-refractivity contribution >= 4 is 18.1 Å². The van der Waals surface area contributed by atoms with Crippen LogP contribution < -0.4 is 5.32 Å². The van der Waals surface area contributed by atoms with Gasteiger partial charge >= 0.3 is 0 Å². The molecule has 76 valence electrons. The van der Waals surface area contributed by atoms with Gasteiger partial charge in [-0.25, -0.2) is 0 Å². The molecule has 0 radical (unpaired) electrons. The van der Waals surface area contributed by atoms with Gasteiger partial charge in [-0.3, -0.25) is 14.5 Å². The molecule has 0 fully saturated rings. The van der Waals surface area contributed by atoms with Gasteiger partial charge in [-0.1, -0.05) is 0 Å². The molecule has 0 saturated carbocycles. The second kappa shape index (κ2) is 5.29. The highest BCUT2D eigenvalue weighted by molar-refractivity contribution is 6.12. The zero-order valence-electron chi connectivity index (χ0n) is 7.73. The van der Waals surface area contributed by atoms with Crippen LogP contribution in [-0.2, 0) is 14.4 Å². The standard InChI is InChI=1S/C9H12N2O3/c12-7-1-4-10-5-6-11-8(13)2-3-9(11)14/h2-3,7,10H,1,4-6H2. The van der Waals surface area contributed by atoms with Gasteiger partial charge in [-0.15, -0.1) is 0 Å². The second-order valence-electron chi connectivity index (χ2n) is 2.87. The largest absolute Gasteiger partial charge is 0.315 e. The van der Waals surface area contributed by atoms with Crippen LogP contribution in [0.25, 0.3) is 0 Å². The Kier molecular flexibility index (Phi) is 4.00. The molecule has 0 spiro atoms. The molecule has 0 aliphatic carbocycles. The maximum Gasteiger partial charge on any atom is 0.253 e. The molecule has 0 bridgehead atoms. The SMILES string of the molecule is O=CCCNCCN1C(=O)C=CC1=O. The summed E-state index contributed by atoms with van der Waals surface area (Å²) in [5, 5.41) is 2.95. The monoisotopic (exact) mass is 196 g/mol. The molecule has 1 aliphatic rings. The molecule has 0 unspecified atom stereocenters. The summed E-state index contributed by atoms with van der Waals surface area (Å²) in [6.45, 7) is 1.45. The average Bonchev–Trinajstić information content (AvgIpc) is 2.48. The summed E-state index contributed by atoms with van der Waals surface area (Å²) < 4.78 is 0. The van der Waals surface area contributed by atoms with Crippen molar-refractivity contribution in [3.05, 3.63) is 12.2 Å². The Balaban J connectivity index is 2.15. The van der Waals surface area contributed by atoms with Crippen molar-refractivity contribution in [2.75, 3.05) is 19.6 Å². The van der Waals surface area contributed by atoms with Gasteiger partial charge < -0.3 is 10.1 Å². The van der Waals surface area contributed by atoms with Crippen molar-refractivity contribution in [1.82, 2.24) is 10.2 Å². The molecule has 1 heterocycles. The Labute approximate surface area is 81.8 Å². The van der Waals surface area contributed by atoms with E-state index in [1.165, 1.54) is 12.2 Å². The lowest BCUT2D eigenvalue weighted by molar-refractivity contribution is -0.136. The van der Waals surface area contributed by atoms with E-state index < -0.39 is 0 Å². The molecule has 1 aliphatic heterocycles. The van der Waals surface area contributed by atoms with Crippen molar-refractivity contribution in [1.29, 1.82) is 0 Å². The first-order valence-electron chi connectivity index (χ1n) is 4.43. The Hall–Kier alpha value is -1.49. The fourth-order valence-electron chi connectivity index (χ4n) is 1.13. The summed E-state index contributed by atoms with van der Waals surface area (Å²) in [5.41, 5.74) is 0. The lowest BCUT2D eigenvalue weighted by Gasteiger charge is -2.13. The topological polar surface area (TPSA) is 66.5 Å². The molecule has 0 aromatic heterocycles. The molecule has 0 aromatic carbocycles. The van der Waals surface area contributed by atoms with Crippen LogP contribution in [0.5, 0.6) is 0 Å². The molecule has 1 rings (SSSR count). The van der Waals surface area contributed by atoms with Crippen LogP contribution >= 0.6 is 0 Å². The lowest BCUT2D eigenvalue weighted by Crippen LogP contribution is -2.36. The van der Waals surface area contributed by atoms with Crippen molar-refractivity contribution in [3.8, 4) is 0 Å². The molecular formula is C9H12N2O3. The number of carbonyl (C=O) groups excluding carboxylic acids is 3. The van der Waals surface area contributed by atoms with E-state index in [-0.39, 0.29) is 11.8 Å². The zero-order valence-corrected chi connectivity index (χ0v) is 7.73. The number of imide groups is 1. The molecule has 14 heavy (non-hydrogen) atoms. The molecule has 0 aromatic rings. The van der Waals surface area contributed by atoms with Gasteiger partial charge in [0.2, 0.25) is 0 Å². The number of aldehydes is 1. The number of hydrogen-bond donors (Lipinski definition) is 1. The summed E-state index contributed by atoms with van der Waals surface area (Å²) in [7, 11) is 0. The highest BCUT2D eigenvalue weighted by Gasteiger charge is 2.21. The first-order valence-corrected chi connectivity index (χ1v) is 4.43. The minimum atomic E-state index is -0.271. The first kappa shape index (κ1) is 10.6. The maximum absolute atomic E-state index is 11.0. The molecule has 5 nitrogen and oxygen atoms in total. The highest BCUT2D eigenvalue weighted by atomic mass is 16.2. The minimum absolute atomic E-state index is 0.271. The Morgan fingerprint density at radius 2 is 1.86 bits per heavy atom. The molecule has 0 saturated heterocycles. The van der Waals surface area contributed by atoms with E-state index >= 15 is 0 Å². The highest BCUT2D eigenvalue weighted by Crippen LogP contribution is 2.01. The fraction of sp³-hybridized carbons (Fsp3) is 0.444. The summed E-state index contributed by atoms with van der Waals surface area (Å²) in [5.74, 6) is -0.542. The predicted molar refractivity (Wildman–Crippen MR) is 49.4 cm³/mol. The van der Waals surface area contributed by atoms with Gasteiger partial charge in [0.15, 0.2) is 0 Å². The van der Waals surface area contributed by atoms with E-state index in [9.17, 15) is 14.4 Å². The quantitative estimate of drug-likeness (QED) is 0.339. The zero-order chi connectivity index (χ0) is 10.4. The summed E-state index contributed by atoms with van der Waals surface area (Å²) >= 11 is 0. The van der Waals surface area contributed by atoms with E-state index in [2.05, 4.69) is 5.32 Å². The van der Waals surface area contributed by atoms with E-state index in [1.807, 2.05) is 0 Å². The number of nitrogens with one attached hydrogen (secondary N) is 1. The first-order chi connectivity index (χ1) is 6.75. The maximum atomic E-state index is 11.0. The van der Waals surface area contributed by atoms with Crippen LogP contribution in [0.2, 0.25) is 0 Å². The number of nitrogens with zero attached hydrogens (tertiary/aromatic N) is 1. The number of carbonyl (C=O) groups is 3. The van der Waals surface area contributed by atoms with Gasteiger partial charge in [0.25, 0.3) is 11.8 Å². The van der Waals surface area contributed by atoms with Gasteiger partial charge in [0.05, 0.1) is 0 Å². The summed E-state index contributed by atoms with van der Waals surface area (Å²) in [6, 6.07) is 0. The number of amides is 2. The van der Waals surface area contributed by atoms with Crippen LogP contribution in [0.15, 0.2) is 12.2 Å². The van der Waals surface area contributed by atoms with Gasteiger partial charge in [0, 0.05) is 38.2 Å². The lowest BCUT2D eigenvalue weighted by atomic mass is 10.4. The Morgan fingerprint density at radius 3 is 2.43 bits per heavy atom. The van der Waals surface area contributed by atoms with Gasteiger partial charge in [0.1, 0.15) is 6.29 Å². The molecule has 2 amide bonds. The molecule has 5 heteroatoms. The predicted octanol–water partition coefficient (Wildman–Crippen LogP) is -0.910. The third-order valence-electron chi connectivity index (χ3n) is 1.85. The molecule has 0 atom stereocenters. The number of rotatable bonds is 6. The summed E-state index contributed by atoms with van der Waals surface area (Å²) in [6.07, 6.45) is 3.78. The second-order valence-corrected chi connectivity index (χ2v) is 2.87. The van der Waals surface area contributed by atoms with Crippen LogP contribution in [0, 0.1) is 0 Å². The Morgan fingerprint density at radius 1 is 1.21 bits per heavy atom.